The lowest BCUT2D eigenvalue weighted by Crippen LogP contribution is -2.33. The van der Waals surface area contributed by atoms with Crippen molar-refractivity contribution in [2.45, 2.75) is 24.5 Å². The molecule has 2 aliphatic rings. The molecule has 2 unspecified atom stereocenters. The third kappa shape index (κ3) is 2.55. The van der Waals surface area contributed by atoms with Crippen LogP contribution in [0, 0.1) is 5.82 Å². The molecule has 0 radical (unpaired) electrons. The molecule has 2 fully saturated rings. The number of halogens is 1. The maximum absolute atomic E-state index is 13.7. The predicted molar refractivity (Wildman–Crippen MR) is 83.8 cm³/mol. The number of rotatable bonds is 3. The predicted octanol–water partition coefficient (Wildman–Crippen LogP) is 2.53. The lowest BCUT2D eigenvalue weighted by Gasteiger charge is -2.23. The Hall–Kier alpha value is -1.73. The number of ether oxygens (including phenoxy) is 1. The molecule has 2 saturated heterocycles. The third-order valence-electron chi connectivity index (χ3n) is 4.31. The van der Waals surface area contributed by atoms with Crippen LogP contribution in [0.4, 0.5) is 15.3 Å². The fourth-order valence-corrected chi connectivity index (χ4v) is 3.96. The molecule has 7 heteroatoms. The van der Waals surface area contributed by atoms with Gasteiger partial charge in [0.05, 0.1) is 18.2 Å². The normalized spacial score (nSPS) is 27.7. The Morgan fingerprint density at radius 3 is 3.18 bits per heavy atom. The number of thiazole rings is 1. The van der Waals surface area contributed by atoms with Crippen molar-refractivity contribution in [3.8, 4) is 0 Å². The van der Waals surface area contributed by atoms with Gasteiger partial charge in [-0.2, -0.15) is 0 Å². The summed E-state index contributed by atoms with van der Waals surface area (Å²) in [6, 6.07) is 3.11. The van der Waals surface area contributed by atoms with Crippen LogP contribution < -0.4 is 10.2 Å². The van der Waals surface area contributed by atoms with E-state index in [1.54, 1.807) is 23.6 Å². The Labute approximate surface area is 132 Å². The highest BCUT2D eigenvalue weighted by atomic mass is 32.1. The van der Waals surface area contributed by atoms with Gasteiger partial charge in [0, 0.05) is 37.3 Å². The number of nitrogens with one attached hydrogen (secondary N) is 1. The van der Waals surface area contributed by atoms with Gasteiger partial charge in [-0.25, -0.2) is 14.4 Å². The van der Waals surface area contributed by atoms with Crippen LogP contribution in [0.3, 0.4) is 0 Å². The zero-order chi connectivity index (χ0) is 15.0. The summed E-state index contributed by atoms with van der Waals surface area (Å²) in [6.45, 7) is 2.39. The molecule has 116 valence electrons. The van der Waals surface area contributed by atoms with Crippen LogP contribution in [0.2, 0.25) is 0 Å². The molecule has 22 heavy (non-hydrogen) atoms. The number of aromatic nitrogens is 2. The third-order valence-corrected chi connectivity index (χ3v) is 5.15. The fourth-order valence-electron chi connectivity index (χ4n) is 3.29. The molecule has 2 aromatic rings. The molecular formula is C15H17FN4OS. The van der Waals surface area contributed by atoms with Crippen molar-refractivity contribution in [1.29, 1.82) is 0 Å². The summed E-state index contributed by atoms with van der Waals surface area (Å²) in [7, 11) is 0. The minimum absolute atomic E-state index is 0.0978. The Balaban J connectivity index is 1.41. The van der Waals surface area contributed by atoms with Gasteiger partial charge in [0.25, 0.3) is 0 Å². The van der Waals surface area contributed by atoms with Crippen LogP contribution in [0.25, 0.3) is 0 Å². The van der Waals surface area contributed by atoms with Crippen LogP contribution in [0.1, 0.15) is 12.8 Å². The van der Waals surface area contributed by atoms with Crippen molar-refractivity contribution < 1.29 is 9.13 Å². The van der Waals surface area contributed by atoms with E-state index in [2.05, 4.69) is 20.2 Å². The van der Waals surface area contributed by atoms with Gasteiger partial charge < -0.3 is 15.0 Å². The first-order valence-corrected chi connectivity index (χ1v) is 8.28. The van der Waals surface area contributed by atoms with Crippen LogP contribution in [-0.4, -0.2) is 41.3 Å². The van der Waals surface area contributed by atoms with E-state index in [0.717, 1.165) is 31.1 Å². The SMILES string of the molecule is Fc1cccnc1NC1COC2(CCN(c3nccs3)C2)C1. The van der Waals surface area contributed by atoms with E-state index in [1.807, 2.05) is 11.6 Å². The quantitative estimate of drug-likeness (QED) is 0.942. The molecule has 2 aromatic heterocycles. The van der Waals surface area contributed by atoms with Gasteiger partial charge >= 0.3 is 0 Å². The Kier molecular flexibility index (Phi) is 3.46. The first-order chi connectivity index (χ1) is 10.7. The highest BCUT2D eigenvalue weighted by Gasteiger charge is 2.46. The van der Waals surface area contributed by atoms with Gasteiger partial charge in [0.2, 0.25) is 0 Å². The van der Waals surface area contributed by atoms with Crippen molar-refractivity contribution >= 4 is 22.3 Å². The molecule has 2 aliphatic heterocycles. The summed E-state index contributed by atoms with van der Waals surface area (Å²) in [4.78, 5) is 10.7. The van der Waals surface area contributed by atoms with E-state index in [1.165, 1.54) is 6.07 Å². The van der Waals surface area contributed by atoms with Crippen LogP contribution in [0.15, 0.2) is 29.9 Å². The van der Waals surface area contributed by atoms with Gasteiger partial charge in [0.1, 0.15) is 0 Å². The molecule has 0 amide bonds. The molecule has 0 aromatic carbocycles. The molecule has 1 spiro atoms. The number of pyridine rings is 1. The smallest absolute Gasteiger partial charge is 0.185 e. The maximum atomic E-state index is 13.7. The van der Waals surface area contributed by atoms with Gasteiger partial charge in [-0.3, -0.25) is 0 Å². The largest absolute Gasteiger partial charge is 0.371 e. The minimum atomic E-state index is -0.320. The first kappa shape index (κ1) is 13.9. The number of nitrogens with zero attached hydrogens (tertiary/aromatic N) is 3. The van der Waals surface area contributed by atoms with Gasteiger partial charge in [-0.1, -0.05) is 0 Å². The Morgan fingerprint density at radius 2 is 2.36 bits per heavy atom. The van der Waals surface area contributed by atoms with Crippen molar-refractivity contribution in [2.24, 2.45) is 0 Å². The average Bonchev–Trinajstić information content (AvgIpc) is 3.24. The van der Waals surface area contributed by atoms with Crippen molar-refractivity contribution in [2.75, 3.05) is 29.9 Å². The molecule has 5 nitrogen and oxygen atoms in total. The molecule has 4 rings (SSSR count). The highest BCUT2D eigenvalue weighted by molar-refractivity contribution is 7.13. The summed E-state index contributed by atoms with van der Waals surface area (Å²) in [6.07, 6.45) is 5.27. The van der Waals surface area contributed by atoms with Crippen molar-refractivity contribution in [1.82, 2.24) is 9.97 Å². The lowest BCUT2D eigenvalue weighted by atomic mass is 9.97. The summed E-state index contributed by atoms with van der Waals surface area (Å²) < 4.78 is 19.8. The van der Waals surface area contributed by atoms with E-state index in [-0.39, 0.29) is 17.5 Å². The summed E-state index contributed by atoms with van der Waals surface area (Å²) in [5, 5.41) is 6.21. The zero-order valence-electron chi connectivity index (χ0n) is 12.0. The second-order valence-corrected chi connectivity index (χ2v) is 6.73. The fraction of sp³-hybridized carbons (Fsp3) is 0.467. The Morgan fingerprint density at radius 1 is 1.41 bits per heavy atom. The number of hydrogen-bond donors (Lipinski definition) is 1. The molecule has 0 bridgehead atoms. The lowest BCUT2D eigenvalue weighted by molar-refractivity contribution is 0.0229. The van der Waals surface area contributed by atoms with Crippen molar-refractivity contribution in [3.05, 3.63) is 35.7 Å². The highest BCUT2D eigenvalue weighted by Crippen LogP contribution is 2.38. The van der Waals surface area contributed by atoms with Crippen LogP contribution in [0.5, 0.6) is 0 Å². The monoisotopic (exact) mass is 320 g/mol. The molecule has 1 N–H and O–H groups in total. The molecular weight excluding hydrogens is 303 g/mol. The standard InChI is InChI=1S/C15H17FN4OS/c16-12-2-1-4-17-13(12)19-11-8-15(21-9-11)3-6-20(10-15)14-18-5-7-22-14/h1-2,4-5,7,11H,3,6,8-10H2,(H,17,19). The molecule has 2 atom stereocenters. The van der Waals surface area contributed by atoms with Gasteiger partial charge in [-0.05, 0) is 18.6 Å². The van der Waals surface area contributed by atoms with Crippen molar-refractivity contribution in [3.63, 3.8) is 0 Å². The molecule has 0 aliphatic carbocycles. The van der Waals surface area contributed by atoms with E-state index < -0.39 is 0 Å². The first-order valence-electron chi connectivity index (χ1n) is 7.40. The Bertz CT molecular complexity index is 653. The average molecular weight is 320 g/mol. The van der Waals surface area contributed by atoms with Crippen LogP contribution in [-0.2, 0) is 4.74 Å². The maximum Gasteiger partial charge on any atom is 0.185 e. The molecule has 0 saturated carbocycles. The zero-order valence-corrected chi connectivity index (χ0v) is 12.9. The second-order valence-electron chi connectivity index (χ2n) is 5.86. The summed E-state index contributed by atoms with van der Waals surface area (Å²) >= 11 is 1.65. The van der Waals surface area contributed by atoms with E-state index in [9.17, 15) is 4.39 Å². The van der Waals surface area contributed by atoms with E-state index in [4.69, 9.17) is 4.74 Å². The topological polar surface area (TPSA) is 50.3 Å². The van der Waals surface area contributed by atoms with E-state index >= 15 is 0 Å². The van der Waals surface area contributed by atoms with E-state index in [0.29, 0.717) is 12.4 Å². The number of hydrogen-bond acceptors (Lipinski definition) is 6. The van der Waals surface area contributed by atoms with Crippen LogP contribution >= 0.6 is 11.3 Å². The number of anilines is 2. The van der Waals surface area contributed by atoms with Gasteiger partial charge in [-0.15, -0.1) is 11.3 Å². The summed E-state index contributed by atoms with van der Waals surface area (Å²) in [5.41, 5.74) is -0.144. The second kappa shape index (κ2) is 5.48. The minimum Gasteiger partial charge on any atom is -0.371 e. The molecule has 4 heterocycles. The van der Waals surface area contributed by atoms with Gasteiger partial charge in [0.15, 0.2) is 16.8 Å². The summed E-state index contributed by atoms with van der Waals surface area (Å²) in [5.74, 6) is -0.0118.